The summed E-state index contributed by atoms with van der Waals surface area (Å²) < 4.78 is 0. The molecule has 3 N–H and O–H groups in total. The van der Waals surface area contributed by atoms with E-state index in [1.165, 1.54) is 12.8 Å². The quantitative estimate of drug-likeness (QED) is 0.308. The van der Waals surface area contributed by atoms with Gasteiger partial charge >= 0.3 is 11.9 Å². The third-order valence-electron chi connectivity index (χ3n) is 11.3. The van der Waals surface area contributed by atoms with Crippen LogP contribution in [0.15, 0.2) is 22.8 Å². The Balaban J connectivity index is 1.88. The zero-order valence-electron chi connectivity index (χ0n) is 22.8. The molecular formula is C30H48O5. The number of aliphatic hydroxyl groups is 1. The third kappa shape index (κ3) is 4.74. The lowest BCUT2D eigenvalue weighted by Crippen LogP contribution is -2.57. The van der Waals surface area contributed by atoms with Gasteiger partial charge in [-0.25, -0.2) is 9.59 Å². The van der Waals surface area contributed by atoms with E-state index in [1.54, 1.807) is 13.8 Å². The molecule has 35 heavy (non-hydrogen) atoms. The number of carboxylic acids is 2. The molecule has 0 aromatic heterocycles. The van der Waals surface area contributed by atoms with Crippen molar-refractivity contribution in [1.82, 2.24) is 0 Å². The minimum Gasteiger partial charge on any atom is -0.478 e. The molecule has 0 bridgehead atoms. The van der Waals surface area contributed by atoms with Crippen molar-refractivity contribution in [2.24, 2.45) is 39.9 Å². The van der Waals surface area contributed by atoms with E-state index in [0.29, 0.717) is 28.9 Å². The number of carboxylic acid groups (broad SMARTS) is 2. The van der Waals surface area contributed by atoms with Crippen molar-refractivity contribution in [3.63, 3.8) is 0 Å². The normalized spacial score (nSPS) is 39.5. The second-order valence-corrected chi connectivity index (χ2v) is 12.7. The number of fused-ring (bicyclic) bond motifs is 3. The van der Waals surface area contributed by atoms with Gasteiger partial charge < -0.3 is 15.3 Å². The molecule has 0 aliphatic heterocycles. The lowest BCUT2D eigenvalue weighted by atomic mass is 9.40. The molecule has 0 heterocycles. The van der Waals surface area contributed by atoms with Crippen molar-refractivity contribution >= 4 is 11.9 Å². The topological polar surface area (TPSA) is 94.8 Å². The lowest BCUT2D eigenvalue weighted by molar-refractivity contribution is -0.145. The number of hydrogen-bond acceptors (Lipinski definition) is 3. The number of aliphatic carboxylic acids is 2. The molecule has 0 saturated heterocycles. The lowest BCUT2D eigenvalue weighted by Gasteiger charge is -2.65. The van der Waals surface area contributed by atoms with Gasteiger partial charge in [-0.15, -0.1) is 0 Å². The van der Waals surface area contributed by atoms with Crippen LogP contribution < -0.4 is 0 Å². The van der Waals surface area contributed by atoms with Crippen molar-refractivity contribution in [2.45, 2.75) is 106 Å². The Labute approximate surface area is 212 Å². The van der Waals surface area contributed by atoms with Gasteiger partial charge in [-0.1, -0.05) is 39.3 Å². The predicted molar refractivity (Wildman–Crippen MR) is 139 cm³/mol. The largest absolute Gasteiger partial charge is 0.478 e. The maximum absolute atomic E-state index is 11.9. The molecule has 0 amide bonds. The summed E-state index contributed by atoms with van der Waals surface area (Å²) in [7, 11) is 0. The van der Waals surface area contributed by atoms with Crippen LogP contribution in [0.2, 0.25) is 0 Å². The van der Waals surface area contributed by atoms with Crippen molar-refractivity contribution in [2.75, 3.05) is 6.61 Å². The molecule has 0 spiro atoms. The number of carbonyl (C=O) groups is 2. The fourth-order valence-corrected chi connectivity index (χ4v) is 9.04. The van der Waals surface area contributed by atoms with Gasteiger partial charge in [0.05, 0.1) is 0 Å². The van der Waals surface area contributed by atoms with E-state index >= 15 is 0 Å². The molecule has 0 aromatic rings. The molecule has 7 atom stereocenters. The molecule has 3 aliphatic carbocycles. The highest BCUT2D eigenvalue weighted by Gasteiger charge is 2.66. The van der Waals surface area contributed by atoms with Crippen molar-refractivity contribution in [3.05, 3.63) is 22.8 Å². The first-order chi connectivity index (χ1) is 16.3. The van der Waals surface area contributed by atoms with Crippen LogP contribution in [0.25, 0.3) is 0 Å². The Morgan fingerprint density at radius 2 is 1.71 bits per heavy atom. The Bertz CT molecular complexity index is 887. The molecule has 5 nitrogen and oxygen atoms in total. The zero-order chi connectivity index (χ0) is 26.2. The summed E-state index contributed by atoms with van der Waals surface area (Å²) in [5.41, 5.74) is 2.60. The van der Waals surface area contributed by atoms with Gasteiger partial charge in [0.15, 0.2) is 0 Å². The van der Waals surface area contributed by atoms with E-state index in [2.05, 4.69) is 27.7 Å². The van der Waals surface area contributed by atoms with Crippen LogP contribution in [0.3, 0.4) is 0 Å². The van der Waals surface area contributed by atoms with Gasteiger partial charge in [-0.3, -0.25) is 0 Å². The monoisotopic (exact) mass is 488 g/mol. The molecular weight excluding hydrogens is 440 g/mol. The standard InChI is InChI=1S/C30H48O5/c1-19(9-7-10-20(2)26(32)33)23-14-15-30(6)25-13-12-22(21(3)27(34)35)24(11-8-18-31)28(25,4)16-17-29(23,30)5/h10,19,23-25,31H,7-9,11-18H2,1-6H3,(H,32,33)(H,34,35)/b20-10+,22-21+/t19-,23-,24-,25-,28+,29-,30+/m1/s1. The summed E-state index contributed by atoms with van der Waals surface area (Å²) in [6, 6.07) is 0. The molecule has 0 unspecified atom stereocenters. The summed E-state index contributed by atoms with van der Waals surface area (Å²) in [6.07, 6.45) is 11.9. The fraction of sp³-hybridized carbons (Fsp3) is 0.800. The van der Waals surface area contributed by atoms with Crippen molar-refractivity contribution in [1.29, 1.82) is 0 Å². The highest BCUT2D eigenvalue weighted by atomic mass is 16.4. The fourth-order valence-electron chi connectivity index (χ4n) is 9.04. The average molecular weight is 489 g/mol. The van der Waals surface area contributed by atoms with E-state index in [-0.39, 0.29) is 28.8 Å². The SMILES string of the molecule is C/C(=C\CC[C@@H](C)[C@H]1CC[C@@]2(C)[C@@H]3CC/C(=C(/C)C(=O)O)[C@@H](CCCO)[C@]3(C)CC[C@]12C)C(=O)O. The maximum atomic E-state index is 11.9. The smallest absolute Gasteiger partial charge is 0.331 e. The zero-order valence-corrected chi connectivity index (χ0v) is 22.8. The predicted octanol–water partition coefficient (Wildman–Crippen LogP) is 6.86. The van der Waals surface area contributed by atoms with Crippen LogP contribution in [0, 0.1) is 39.9 Å². The minimum atomic E-state index is -0.829. The molecule has 0 radical (unpaired) electrons. The molecule has 5 heteroatoms. The molecule has 3 saturated carbocycles. The summed E-state index contributed by atoms with van der Waals surface area (Å²) in [6.45, 7) is 13.4. The summed E-state index contributed by atoms with van der Waals surface area (Å²) in [5, 5.41) is 28.6. The Hall–Kier alpha value is -1.62. The minimum absolute atomic E-state index is 0.0627. The molecule has 198 valence electrons. The van der Waals surface area contributed by atoms with Gasteiger partial charge in [0, 0.05) is 17.8 Å². The Morgan fingerprint density at radius 1 is 1.03 bits per heavy atom. The van der Waals surface area contributed by atoms with E-state index < -0.39 is 11.9 Å². The number of allylic oxidation sites excluding steroid dienone is 2. The summed E-state index contributed by atoms with van der Waals surface area (Å²) in [4.78, 5) is 23.1. The average Bonchev–Trinajstić information content (AvgIpc) is 3.08. The highest BCUT2D eigenvalue weighted by Crippen LogP contribution is 2.74. The van der Waals surface area contributed by atoms with Crippen LogP contribution in [-0.4, -0.2) is 33.9 Å². The first-order valence-electron chi connectivity index (χ1n) is 13.8. The van der Waals surface area contributed by atoms with E-state index in [9.17, 15) is 19.8 Å². The van der Waals surface area contributed by atoms with Crippen LogP contribution in [0.5, 0.6) is 0 Å². The molecule has 3 rings (SSSR count). The molecule has 3 aliphatic rings. The van der Waals surface area contributed by atoms with Crippen LogP contribution in [0.4, 0.5) is 0 Å². The summed E-state index contributed by atoms with van der Waals surface area (Å²) in [5.74, 6) is 0.321. The highest BCUT2D eigenvalue weighted by molar-refractivity contribution is 5.87. The van der Waals surface area contributed by atoms with Gasteiger partial charge in [-0.2, -0.15) is 0 Å². The number of rotatable bonds is 9. The van der Waals surface area contributed by atoms with Crippen LogP contribution >= 0.6 is 0 Å². The van der Waals surface area contributed by atoms with Crippen LogP contribution in [0.1, 0.15) is 106 Å². The summed E-state index contributed by atoms with van der Waals surface area (Å²) >= 11 is 0. The first-order valence-corrected chi connectivity index (χ1v) is 13.8. The number of hydrogen-bond donors (Lipinski definition) is 3. The van der Waals surface area contributed by atoms with E-state index in [0.717, 1.165) is 56.9 Å². The molecule has 3 fully saturated rings. The Morgan fingerprint density at radius 3 is 2.31 bits per heavy atom. The van der Waals surface area contributed by atoms with Gasteiger partial charge in [0.25, 0.3) is 0 Å². The first kappa shape index (κ1) is 28.0. The van der Waals surface area contributed by atoms with Crippen molar-refractivity contribution < 1.29 is 24.9 Å². The second-order valence-electron chi connectivity index (χ2n) is 12.7. The van der Waals surface area contributed by atoms with E-state index in [4.69, 9.17) is 5.11 Å². The van der Waals surface area contributed by atoms with Crippen LogP contribution in [-0.2, 0) is 9.59 Å². The number of aliphatic hydroxyl groups excluding tert-OH is 1. The van der Waals surface area contributed by atoms with Gasteiger partial charge in [0.1, 0.15) is 0 Å². The Kier molecular flexibility index (Phi) is 8.30. The van der Waals surface area contributed by atoms with E-state index in [1.807, 2.05) is 6.08 Å². The third-order valence-corrected chi connectivity index (χ3v) is 11.3. The van der Waals surface area contributed by atoms with Gasteiger partial charge in [-0.05, 0) is 118 Å². The molecule has 0 aromatic carbocycles. The van der Waals surface area contributed by atoms with Gasteiger partial charge in [0.2, 0.25) is 0 Å². The van der Waals surface area contributed by atoms with Crippen molar-refractivity contribution in [3.8, 4) is 0 Å². The maximum Gasteiger partial charge on any atom is 0.331 e. The second kappa shape index (κ2) is 10.4.